The van der Waals surface area contributed by atoms with Crippen LogP contribution in [0.3, 0.4) is 0 Å². The van der Waals surface area contributed by atoms with E-state index in [0.717, 1.165) is 49.0 Å². The van der Waals surface area contributed by atoms with E-state index < -0.39 is 0 Å². The van der Waals surface area contributed by atoms with Gasteiger partial charge in [0.25, 0.3) is 5.56 Å². The van der Waals surface area contributed by atoms with Crippen molar-refractivity contribution in [3.63, 3.8) is 0 Å². The average molecular weight is 255 g/mol. The fourth-order valence-corrected chi connectivity index (χ4v) is 2.25. The van der Waals surface area contributed by atoms with Crippen LogP contribution in [0.1, 0.15) is 32.4 Å². The minimum atomic E-state index is -0.0486. The topological polar surface area (TPSA) is 57.8 Å². The molecule has 1 aromatic heterocycles. The van der Waals surface area contributed by atoms with Crippen LogP contribution in [0.5, 0.6) is 0 Å². The van der Waals surface area contributed by atoms with E-state index >= 15 is 0 Å². The number of aromatic nitrogens is 2. The Bertz CT molecular complexity index is 378. The van der Waals surface area contributed by atoms with Crippen molar-refractivity contribution < 1.29 is 0 Å². The molecule has 2 N–H and O–H groups in total. The predicted octanol–water partition coefficient (Wildman–Crippen LogP) is 1.81. The summed E-state index contributed by atoms with van der Waals surface area (Å²) in [6.45, 7) is 6.22. The van der Waals surface area contributed by atoms with E-state index in [0.29, 0.717) is 0 Å². The van der Waals surface area contributed by atoms with Crippen LogP contribution >= 0.6 is 11.8 Å². The maximum atomic E-state index is 11.4. The van der Waals surface area contributed by atoms with Gasteiger partial charge in [-0.05, 0) is 19.4 Å². The summed E-state index contributed by atoms with van der Waals surface area (Å²) in [5.41, 5.74) is 0.840. The molecule has 1 rings (SSSR count). The van der Waals surface area contributed by atoms with Gasteiger partial charge in [-0.15, -0.1) is 0 Å². The highest BCUT2D eigenvalue weighted by atomic mass is 32.2. The zero-order valence-electron chi connectivity index (χ0n) is 10.6. The van der Waals surface area contributed by atoms with Gasteiger partial charge in [0.15, 0.2) is 5.16 Å². The molecule has 0 unspecified atom stereocenters. The summed E-state index contributed by atoms with van der Waals surface area (Å²) >= 11 is 1.60. The summed E-state index contributed by atoms with van der Waals surface area (Å²) in [5.74, 6) is 0.929. The number of aryl methyl sites for hydroxylation is 1. The second kappa shape index (κ2) is 8.31. The fraction of sp³-hybridized carbons (Fsp3) is 0.667. The molecule has 0 aliphatic heterocycles. The zero-order chi connectivity index (χ0) is 12.5. The van der Waals surface area contributed by atoms with Gasteiger partial charge in [0, 0.05) is 24.1 Å². The first-order chi connectivity index (χ1) is 8.26. The monoisotopic (exact) mass is 255 g/mol. The number of H-pyrrole nitrogens is 1. The Morgan fingerprint density at radius 3 is 2.88 bits per heavy atom. The lowest BCUT2D eigenvalue weighted by Gasteiger charge is -2.04. The number of aromatic amines is 1. The van der Waals surface area contributed by atoms with E-state index in [1.54, 1.807) is 17.8 Å². The van der Waals surface area contributed by atoms with Gasteiger partial charge in [0.05, 0.1) is 0 Å². The highest BCUT2D eigenvalue weighted by Crippen LogP contribution is 2.10. The molecule has 0 aliphatic carbocycles. The van der Waals surface area contributed by atoms with Gasteiger partial charge in [-0.1, -0.05) is 32.0 Å². The van der Waals surface area contributed by atoms with Crippen molar-refractivity contribution in [2.45, 2.75) is 38.3 Å². The number of thioether (sulfide) groups is 1. The van der Waals surface area contributed by atoms with Crippen molar-refractivity contribution in [1.82, 2.24) is 15.3 Å². The van der Waals surface area contributed by atoms with Gasteiger partial charge in [0.2, 0.25) is 0 Å². The average Bonchev–Trinajstić information content (AvgIpc) is 2.28. The minimum absolute atomic E-state index is 0.0486. The standard InChI is InChI=1S/C12H21N3OS/c1-3-5-10-9-11(16)15-12(14-10)17-8-7-13-6-4-2/h9,13H,3-8H2,1-2H3,(H,14,15,16). The highest BCUT2D eigenvalue weighted by molar-refractivity contribution is 7.99. The van der Waals surface area contributed by atoms with Crippen LogP contribution in [-0.4, -0.2) is 28.8 Å². The van der Waals surface area contributed by atoms with Gasteiger partial charge >= 0.3 is 0 Å². The molecular formula is C12H21N3OS. The molecule has 0 aliphatic rings. The van der Waals surface area contributed by atoms with E-state index in [1.165, 1.54) is 0 Å². The van der Waals surface area contributed by atoms with Crippen LogP contribution in [0.15, 0.2) is 16.0 Å². The maximum Gasteiger partial charge on any atom is 0.251 e. The van der Waals surface area contributed by atoms with Crippen LogP contribution in [0.4, 0.5) is 0 Å². The highest BCUT2D eigenvalue weighted by Gasteiger charge is 2.01. The first kappa shape index (κ1) is 14.3. The quantitative estimate of drug-likeness (QED) is 0.422. The van der Waals surface area contributed by atoms with Crippen LogP contribution in [0.25, 0.3) is 0 Å². The molecule has 0 radical (unpaired) electrons. The molecule has 1 aromatic rings. The van der Waals surface area contributed by atoms with Gasteiger partial charge in [0.1, 0.15) is 0 Å². The lowest BCUT2D eigenvalue weighted by Crippen LogP contribution is -2.18. The van der Waals surface area contributed by atoms with Crippen LogP contribution < -0.4 is 10.9 Å². The normalized spacial score (nSPS) is 10.7. The predicted molar refractivity (Wildman–Crippen MR) is 72.7 cm³/mol. The fourth-order valence-electron chi connectivity index (χ4n) is 1.46. The summed E-state index contributed by atoms with van der Waals surface area (Å²) in [6, 6.07) is 1.59. The van der Waals surface area contributed by atoms with E-state index in [2.05, 4.69) is 29.1 Å². The molecule has 0 saturated heterocycles. The van der Waals surface area contributed by atoms with Crippen molar-refractivity contribution in [1.29, 1.82) is 0 Å². The number of nitrogens with zero attached hydrogens (tertiary/aromatic N) is 1. The number of hydrogen-bond donors (Lipinski definition) is 2. The largest absolute Gasteiger partial charge is 0.316 e. The first-order valence-electron chi connectivity index (χ1n) is 6.20. The summed E-state index contributed by atoms with van der Waals surface area (Å²) < 4.78 is 0. The Labute approximate surface area is 107 Å². The van der Waals surface area contributed by atoms with E-state index in [9.17, 15) is 4.79 Å². The lowest BCUT2D eigenvalue weighted by molar-refractivity contribution is 0.706. The molecule has 0 spiro atoms. The van der Waals surface area contributed by atoms with Crippen molar-refractivity contribution >= 4 is 11.8 Å². The molecule has 0 fully saturated rings. The molecule has 0 atom stereocenters. The van der Waals surface area contributed by atoms with Gasteiger partial charge < -0.3 is 10.3 Å². The Balaban J connectivity index is 2.44. The Morgan fingerprint density at radius 2 is 2.18 bits per heavy atom. The Kier molecular flexibility index (Phi) is 6.96. The zero-order valence-corrected chi connectivity index (χ0v) is 11.4. The Hall–Kier alpha value is -0.810. The third kappa shape index (κ3) is 5.89. The second-order valence-electron chi connectivity index (χ2n) is 3.89. The summed E-state index contributed by atoms with van der Waals surface area (Å²) in [4.78, 5) is 18.6. The molecule has 0 amide bonds. The summed E-state index contributed by atoms with van der Waals surface area (Å²) in [7, 11) is 0. The van der Waals surface area contributed by atoms with Crippen LogP contribution in [-0.2, 0) is 6.42 Å². The van der Waals surface area contributed by atoms with Gasteiger partial charge in [-0.25, -0.2) is 4.98 Å². The van der Waals surface area contributed by atoms with Crippen LogP contribution in [0.2, 0.25) is 0 Å². The number of hydrogen-bond acceptors (Lipinski definition) is 4. The van der Waals surface area contributed by atoms with E-state index in [4.69, 9.17) is 0 Å². The molecule has 4 nitrogen and oxygen atoms in total. The summed E-state index contributed by atoms with van der Waals surface area (Å²) in [5, 5.41) is 4.05. The molecule has 1 heterocycles. The molecule has 0 aromatic carbocycles. The first-order valence-corrected chi connectivity index (χ1v) is 7.18. The Morgan fingerprint density at radius 1 is 1.35 bits per heavy atom. The molecule has 17 heavy (non-hydrogen) atoms. The smallest absolute Gasteiger partial charge is 0.251 e. The number of nitrogens with one attached hydrogen (secondary N) is 2. The van der Waals surface area contributed by atoms with Crippen molar-refractivity contribution in [2.24, 2.45) is 0 Å². The molecule has 96 valence electrons. The minimum Gasteiger partial charge on any atom is -0.316 e. The van der Waals surface area contributed by atoms with Gasteiger partial charge in [-0.3, -0.25) is 4.79 Å². The lowest BCUT2D eigenvalue weighted by atomic mass is 10.2. The molecule has 5 heteroatoms. The van der Waals surface area contributed by atoms with Gasteiger partial charge in [-0.2, -0.15) is 0 Å². The SMILES string of the molecule is CCCNCCSc1nc(CCC)cc(=O)[nH]1. The molecule has 0 bridgehead atoms. The van der Waals surface area contributed by atoms with E-state index in [1.807, 2.05) is 0 Å². The van der Waals surface area contributed by atoms with Crippen molar-refractivity contribution in [3.8, 4) is 0 Å². The number of rotatable bonds is 8. The second-order valence-corrected chi connectivity index (χ2v) is 4.97. The molecular weight excluding hydrogens is 234 g/mol. The van der Waals surface area contributed by atoms with E-state index in [-0.39, 0.29) is 5.56 Å². The van der Waals surface area contributed by atoms with Crippen molar-refractivity contribution in [3.05, 3.63) is 22.1 Å². The summed E-state index contributed by atoms with van der Waals surface area (Å²) in [6.07, 6.45) is 3.02. The molecule has 0 saturated carbocycles. The maximum absolute atomic E-state index is 11.4. The van der Waals surface area contributed by atoms with Crippen LogP contribution in [0, 0.1) is 0 Å². The van der Waals surface area contributed by atoms with Crippen molar-refractivity contribution in [2.75, 3.05) is 18.8 Å². The third-order valence-electron chi connectivity index (χ3n) is 2.22. The third-order valence-corrected chi connectivity index (χ3v) is 3.10.